The van der Waals surface area contributed by atoms with Crippen molar-refractivity contribution < 1.29 is 5.11 Å². The van der Waals surface area contributed by atoms with Gasteiger partial charge < -0.3 is 15.3 Å². The minimum atomic E-state index is 0.326. The van der Waals surface area contributed by atoms with E-state index in [1.165, 1.54) is 5.69 Å². The van der Waals surface area contributed by atoms with Crippen LogP contribution < -0.4 is 10.2 Å². The largest absolute Gasteiger partial charge is 0.508 e. The second kappa shape index (κ2) is 5.63. The van der Waals surface area contributed by atoms with Gasteiger partial charge in [-0.15, -0.1) is 0 Å². The predicted molar refractivity (Wildman–Crippen MR) is 80.5 cm³/mol. The van der Waals surface area contributed by atoms with Crippen LogP contribution in [0.3, 0.4) is 0 Å². The SMILES string of the molecule is Oc1cccc(N(c2ccsc2)C2CCNCC2)c1. The fraction of sp³-hybridized carbons (Fsp3) is 0.333. The van der Waals surface area contributed by atoms with E-state index in [4.69, 9.17) is 0 Å². The highest BCUT2D eigenvalue weighted by Crippen LogP contribution is 2.33. The molecule has 3 nitrogen and oxygen atoms in total. The lowest BCUT2D eigenvalue weighted by atomic mass is 10.0. The number of hydrogen-bond donors (Lipinski definition) is 2. The molecule has 0 spiro atoms. The van der Waals surface area contributed by atoms with Crippen LogP contribution in [0.2, 0.25) is 0 Å². The van der Waals surface area contributed by atoms with Gasteiger partial charge in [-0.3, -0.25) is 0 Å². The molecule has 0 saturated carbocycles. The molecule has 100 valence electrons. The molecule has 0 aliphatic carbocycles. The van der Waals surface area contributed by atoms with Crippen LogP contribution in [-0.4, -0.2) is 24.2 Å². The van der Waals surface area contributed by atoms with Gasteiger partial charge >= 0.3 is 0 Å². The van der Waals surface area contributed by atoms with Crippen molar-refractivity contribution in [2.45, 2.75) is 18.9 Å². The normalized spacial score (nSPS) is 16.4. The Hall–Kier alpha value is -1.52. The highest BCUT2D eigenvalue weighted by molar-refractivity contribution is 7.08. The molecule has 0 unspecified atom stereocenters. The number of thiophene rings is 1. The number of phenols is 1. The van der Waals surface area contributed by atoms with Crippen LogP contribution in [0.1, 0.15) is 12.8 Å². The fourth-order valence-corrected chi connectivity index (χ4v) is 3.30. The average Bonchev–Trinajstić information content (AvgIpc) is 2.94. The van der Waals surface area contributed by atoms with Crippen LogP contribution >= 0.6 is 11.3 Å². The Balaban J connectivity index is 1.96. The molecule has 2 aromatic rings. The molecule has 1 saturated heterocycles. The van der Waals surface area contributed by atoms with Gasteiger partial charge in [0, 0.05) is 23.2 Å². The van der Waals surface area contributed by atoms with Crippen molar-refractivity contribution in [1.29, 1.82) is 0 Å². The summed E-state index contributed by atoms with van der Waals surface area (Å²) in [6.45, 7) is 2.12. The van der Waals surface area contributed by atoms with E-state index in [1.54, 1.807) is 17.4 Å². The Morgan fingerprint density at radius 1 is 1.16 bits per heavy atom. The number of anilines is 2. The minimum absolute atomic E-state index is 0.326. The van der Waals surface area contributed by atoms with Gasteiger partial charge in [-0.25, -0.2) is 0 Å². The number of hydrogen-bond acceptors (Lipinski definition) is 4. The van der Waals surface area contributed by atoms with Crippen molar-refractivity contribution in [2.24, 2.45) is 0 Å². The summed E-state index contributed by atoms with van der Waals surface area (Å²) in [6, 6.07) is 10.2. The second-order valence-corrected chi connectivity index (χ2v) is 5.63. The highest BCUT2D eigenvalue weighted by atomic mass is 32.1. The minimum Gasteiger partial charge on any atom is -0.508 e. The Morgan fingerprint density at radius 2 is 2.00 bits per heavy atom. The Kier molecular flexibility index (Phi) is 3.71. The lowest BCUT2D eigenvalue weighted by Gasteiger charge is -2.35. The third kappa shape index (κ3) is 2.74. The summed E-state index contributed by atoms with van der Waals surface area (Å²) in [5.74, 6) is 0.326. The number of rotatable bonds is 3. The van der Waals surface area contributed by atoms with E-state index in [1.807, 2.05) is 12.1 Å². The zero-order chi connectivity index (χ0) is 13.1. The van der Waals surface area contributed by atoms with E-state index in [0.29, 0.717) is 11.8 Å². The summed E-state index contributed by atoms with van der Waals surface area (Å²) in [6.07, 6.45) is 2.26. The van der Waals surface area contributed by atoms with Gasteiger partial charge in [0.2, 0.25) is 0 Å². The molecule has 0 amide bonds. The van der Waals surface area contributed by atoms with Crippen molar-refractivity contribution in [2.75, 3.05) is 18.0 Å². The van der Waals surface area contributed by atoms with Gasteiger partial charge in [0.15, 0.2) is 0 Å². The summed E-state index contributed by atoms with van der Waals surface area (Å²) in [5.41, 5.74) is 2.30. The van der Waals surface area contributed by atoms with Crippen LogP contribution in [-0.2, 0) is 0 Å². The number of piperidine rings is 1. The van der Waals surface area contributed by atoms with E-state index in [0.717, 1.165) is 31.6 Å². The monoisotopic (exact) mass is 274 g/mol. The van der Waals surface area contributed by atoms with Crippen molar-refractivity contribution in [3.8, 4) is 5.75 Å². The van der Waals surface area contributed by atoms with Crippen molar-refractivity contribution in [1.82, 2.24) is 5.32 Å². The van der Waals surface area contributed by atoms with Crippen LogP contribution in [0.15, 0.2) is 41.1 Å². The zero-order valence-electron chi connectivity index (χ0n) is 10.7. The Morgan fingerprint density at radius 3 is 2.68 bits per heavy atom. The standard InChI is InChI=1S/C15H18N2OS/c18-15-3-1-2-13(10-15)17(14-6-9-19-11-14)12-4-7-16-8-5-12/h1-3,6,9-12,16,18H,4-5,7-8H2. The predicted octanol–water partition coefficient (Wildman–Crippen LogP) is 3.34. The molecule has 2 heterocycles. The van der Waals surface area contributed by atoms with Gasteiger partial charge in [-0.2, -0.15) is 11.3 Å². The molecule has 0 radical (unpaired) electrons. The molecule has 4 heteroatoms. The van der Waals surface area contributed by atoms with E-state index in [9.17, 15) is 5.11 Å². The van der Waals surface area contributed by atoms with Crippen LogP contribution in [0.25, 0.3) is 0 Å². The molecular weight excluding hydrogens is 256 g/mol. The van der Waals surface area contributed by atoms with Crippen LogP contribution in [0.5, 0.6) is 5.75 Å². The molecular formula is C15H18N2OS. The third-order valence-corrected chi connectivity index (χ3v) is 4.24. The summed E-state index contributed by atoms with van der Waals surface area (Å²) < 4.78 is 0. The molecule has 0 bridgehead atoms. The molecule has 1 aromatic heterocycles. The van der Waals surface area contributed by atoms with Crippen molar-refractivity contribution >= 4 is 22.7 Å². The molecule has 1 fully saturated rings. The lowest BCUT2D eigenvalue weighted by Crippen LogP contribution is -2.40. The maximum absolute atomic E-state index is 9.72. The van der Waals surface area contributed by atoms with E-state index in [-0.39, 0.29) is 0 Å². The second-order valence-electron chi connectivity index (χ2n) is 4.85. The van der Waals surface area contributed by atoms with Gasteiger partial charge in [-0.1, -0.05) is 6.07 Å². The highest BCUT2D eigenvalue weighted by Gasteiger charge is 2.23. The smallest absolute Gasteiger partial charge is 0.117 e. The van der Waals surface area contributed by atoms with E-state index in [2.05, 4.69) is 33.1 Å². The Labute approximate surface area is 117 Å². The lowest BCUT2D eigenvalue weighted by molar-refractivity contribution is 0.450. The number of aromatic hydroxyl groups is 1. The number of benzene rings is 1. The molecule has 3 rings (SSSR count). The first-order chi connectivity index (χ1) is 9.34. The molecule has 2 N–H and O–H groups in total. The molecule has 1 aliphatic rings. The van der Waals surface area contributed by atoms with Gasteiger partial charge in [-0.05, 0) is 49.5 Å². The molecule has 1 aromatic carbocycles. The van der Waals surface area contributed by atoms with Gasteiger partial charge in [0.1, 0.15) is 5.75 Å². The van der Waals surface area contributed by atoms with E-state index < -0.39 is 0 Å². The first-order valence-electron chi connectivity index (χ1n) is 6.66. The van der Waals surface area contributed by atoms with Crippen LogP contribution in [0, 0.1) is 0 Å². The molecule has 0 atom stereocenters. The number of phenolic OH excluding ortho intramolecular Hbond substituents is 1. The molecule has 19 heavy (non-hydrogen) atoms. The first-order valence-corrected chi connectivity index (χ1v) is 7.60. The average molecular weight is 274 g/mol. The summed E-state index contributed by atoms with van der Waals surface area (Å²) in [4.78, 5) is 2.36. The van der Waals surface area contributed by atoms with Crippen LogP contribution in [0.4, 0.5) is 11.4 Å². The number of nitrogens with zero attached hydrogens (tertiary/aromatic N) is 1. The maximum atomic E-state index is 9.72. The van der Waals surface area contributed by atoms with Gasteiger partial charge in [0.05, 0.1) is 5.69 Å². The third-order valence-electron chi connectivity index (χ3n) is 3.57. The molecule has 1 aliphatic heterocycles. The van der Waals surface area contributed by atoms with Crippen molar-refractivity contribution in [3.05, 3.63) is 41.1 Å². The fourth-order valence-electron chi connectivity index (χ4n) is 2.67. The summed E-state index contributed by atoms with van der Waals surface area (Å²) in [7, 11) is 0. The number of nitrogens with one attached hydrogen (secondary N) is 1. The topological polar surface area (TPSA) is 35.5 Å². The first kappa shape index (κ1) is 12.5. The maximum Gasteiger partial charge on any atom is 0.117 e. The quantitative estimate of drug-likeness (QED) is 0.901. The Bertz CT molecular complexity index is 521. The van der Waals surface area contributed by atoms with Gasteiger partial charge in [0.25, 0.3) is 0 Å². The zero-order valence-corrected chi connectivity index (χ0v) is 11.6. The van der Waals surface area contributed by atoms with Crippen molar-refractivity contribution in [3.63, 3.8) is 0 Å². The van der Waals surface area contributed by atoms with E-state index >= 15 is 0 Å². The summed E-state index contributed by atoms with van der Waals surface area (Å²) >= 11 is 1.71. The summed E-state index contributed by atoms with van der Waals surface area (Å²) in [5, 5.41) is 17.4.